The molecule has 2 heterocycles. The van der Waals surface area contributed by atoms with Crippen molar-refractivity contribution in [2.24, 2.45) is 5.73 Å². The summed E-state index contributed by atoms with van der Waals surface area (Å²) < 4.78 is 0. The van der Waals surface area contributed by atoms with Crippen molar-refractivity contribution in [2.45, 2.75) is 6.04 Å². The van der Waals surface area contributed by atoms with E-state index in [-0.39, 0.29) is 0 Å². The minimum Gasteiger partial charge on any atom is -0.365 e. The summed E-state index contributed by atoms with van der Waals surface area (Å²) in [6.07, 6.45) is 0. The van der Waals surface area contributed by atoms with E-state index in [2.05, 4.69) is 10.3 Å². The number of anilines is 1. The number of aromatic nitrogens is 1. The largest absolute Gasteiger partial charge is 0.365 e. The van der Waals surface area contributed by atoms with Crippen LogP contribution in [0.15, 0.2) is 30.3 Å². The molecular weight excluding hydrogens is 240 g/mol. The van der Waals surface area contributed by atoms with Crippen molar-refractivity contribution in [2.75, 3.05) is 25.0 Å². The number of carbonyl (C=O) groups is 1. The Balaban J connectivity index is 2.14. The summed E-state index contributed by atoms with van der Waals surface area (Å²) in [5.74, 6) is 0.227. The third-order valence-corrected chi connectivity index (χ3v) is 3.61. The van der Waals surface area contributed by atoms with E-state index in [4.69, 9.17) is 5.73 Å². The molecule has 1 aliphatic heterocycles. The number of hydrogen-bond acceptors (Lipinski definition) is 4. The average Bonchev–Trinajstić information content (AvgIpc) is 2.35. The van der Waals surface area contributed by atoms with Gasteiger partial charge < -0.3 is 16.0 Å². The summed E-state index contributed by atoms with van der Waals surface area (Å²) in [4.78, 5) is 18.3. The SMILES string of the molecule is CN(c1nc2ccccc2cc1C(N)=O)C1CNC1. The van der Waals surface area contributed by atoms with E-state index in [0.29, 0.717) is 17.4 Å². The van der Waals surface area contributed by atoms with Crippen LogP contribution in [-0.2, 0) is 0 Å². The molecule has 3 rings (SSSR count). The first-order valence-electron chi connectivity index (χ1n) is 6.30. The predicted octanol–water partition coefficient (Wildman–Crippen LogP) is 0.742. The van der Waals surface area contributed by atoms with E-state index < -0.39 is 5.91 Å². The second-order valence-corrected chi connectivity index (χ2v) is 4.84. The zero-order valence-corrected chi connectivity index (χ0v) is 10.8. The molecule has 1 aromatic heterocycles. The van der Waals surface area contributed by atoms with Crippen LogP contribution in [0, 0.1) is 0 Å². The summed E-state index contributed by atoms with van der Waals surface area (Å²) in [7, 11) is 1.95. The summed E-state index contributed by atoms with van der Waals surface area (Å²) in [6.45, 7) is 1.81. The molecule has 1 aliphatic rings. The highest BCUT2D eigenvalue weighted by Gasteiger charge is 2.25. The highest BCUT2D eigenvalue weighted by molar-refractivity contribution is 6.01. The fourth-order valence-electron chi connectivity index (χ4n) is 2.28. The number of likely N-dealkylation sites (N-methyl/N-ethyl adjacent to an activating group) is 1. The van der Waals surface area contributed by atoms with Crippen LogP contribution in [0.3, 0.4) is 0 Å². The minimum atomic E-state index is -0.438. The summed E-state index contributed by atoms with van der Waals surface area (Å²) >= 11 is 0. The van der Waals surface area contributed by atoms with Gasteiger partial charge in [-0.3, -0.25) is 4.79 Å². The maximum Gasteiger partial charge on any atom is 0.252 e. The second-order valence-electron chi connectivity index (χ2n) is 4.84. The van der Waals surface area contributed by atoms with Gasteiger partial charge in [0.1, 0.15) is 5.82 Å². The number of para-hydroxylation sites is 1. The molecule has 0 unspecified atom stereocenters. The minimum absolute atomic E-state index is 0.367. The van der Waals surface area contributed by atoms with Crippen LogP contribution in [0.2, 0.25) is 0 Å². The first kappa shape index (κ1) is 11.9. The van der Waals surface area contributed by atoms with Gasteiger partial charge in [0, 0.05) is 25.5 Å². The molecule has 0 saturated carbocycles. The molecular formula is C14H16N4O. The fourth-order valence-corrected chi connectivity index (χ4v) is 2.28. The number of fused-ring (bicyclic) bond motifs is 1. The fraction of sp³-hybridized carbons (Fsp3) is 0.286. The zero-order chi connectivity index (χ0) is 13.4. The van der Waals surface area contributed by atoms with Crippen LogP contribution < -0.4 is 16.0 Å². The number of nitrogens with one attached hydrogen (secondary N) is 1. The topological polar surface area (TPSA) is 71.2 Å². The molecule has 0 atom stereocenters. The summed E-state index contributed by atoms with van der Waals surface area (Å²) in [5.41, 5.74) is 6.84. The lowest BCUT2D eigenvalue weighted by atomic mass is 10.1. The number of nitrogens with zero attached hydrogens (tertiary/aromatic N) is 2. The summed E-state index contributed by atoms with van der Waals surface area (Å²) in [5, 5.41) is 4.14. The Morgan fingerprint density at radius 3 is 2.79 bits per heavy atom. The van der Waals surface area contributed by atoms with E-state index in [1.807, 2.05) is 42.3 Å². The number of nitrogens with two attached hydrogens (primary N) is 1. The van der Waals surface area contributed by atoms with Crippen molar-refractivity contribution >= 4 is 22.6 Å². The van der Waals surface area contributed by atoms with Gasteiger partial charge in [-0.05, 0) is 12.1 Å². The molecule has 0 bridgehead atoms. The third kappa shape index (κ3) is 2.02. The van der Waals surface area contributed by atoms with Crippen molar-refractivity contribution < 1.29 is 4.79 Å². The molecule has 3 N–H and O–H groups in total. The van der Waals surface area contributed by atoms with Crippen LogP contribution in [0.1, 0.15) is 10.4 Å². The van der Waals surface area contributed by atoms with E-state index in [1.54, 1.807) is 0 Å². The molecule has 2 aromatic rings. The van der Waals surface area contributed by atoms with E-state index in [9.17, 15) is 4.79 Å². The standard InChI is InChI=1S/C14H16N4O/c1-18(10-7-16-8-10)14-11(13(15)19)6-9-4-2-3-5-12(9)17-14/h2-6,10,16H,7-8H2,1H3,(H2,15,19). The van der Waals surface area contributed by atoms with E-state index in [0.717, 1.165) is 24.0 Å². The maximum absolute atomic E-state index is 11.6. The van der Waals surface area contributed by atoms with Crippen molar-refractivity contribution in [1.82, 2.24) is 10.3 Å². The molecule has 5 heteroatoms. The highest BCUT2D eigenvalue weighted by atomic mass is 16.1. The van der Waals surface area contributed by atoms with Crippen molar-refractivity contribution in [1.29, 1.82) is 0 Å². The number of hydrogen-bond donors (Lipinski definition) is 2. The van der Waals surface area contributed by atoms with Gasteiger partial charge in [-0.1, -0.05) is 18.2 Å². The molecule has 98 valence electrons. The number of rotatable bonds is 3. The zero-order valence-electron chi connectivity index (χ0n) is 10.8. The van der Waals surface area contributed by atoms with Crippen LogP contribution >= 0.6 is 0 Å². The van der Waals surface area contributed by atoms with Gasteiger partial charge in [-0.2, -0.15) is 0 Å². The molecule has 1 amide bonds. The molecule has 19 heavy (non-hydrogen) atoms. The van der Waals surface area contributed by atoms with Crippen LogP contribution in [0.4, 0.5) is 5.82 Å². The van der Waals surface area contributed by atoms with Crippen molar-refractivity contribution in [3.8, 4) is 0 Å². The smallest absolute Gasteiger partial charge is 0.252 e. The summed E-state index contributed by atoms with van der Waals surface area (Å²) in [6, 6.07) is 9.93. The van der Waals surface area contributed by atoms with Crippen LogP contribution in [-0.4, -0.2) is 37.1 Å². The molecule has 0 aliphatic carbocycles. The van der Waals surface area contributed by atoms with Gasteiger partial charge in [0.15, 0.2) is 0 Å². The van der Waals surface area contributed by atoms with Crippen molar-refractivity contribution in [3.05, 3.63) is 35.9 Å². The highest BCUT2D eigenvalue weighted by Crippen LogP contribution is 2.24. The van der Waals surface area contributed by atoms with Crippen molar-refractivity contribution in [3.63, 3.8) is 0 Å². The van der Waals surface area contributed by atoms with Crippen LogP contribution in [0.25, 0.3) is 10.9 Å². The lowest BCUT2D eigenvalue weighted by Crippen LogP contribution is -2.56. The van der Waals surface area contributed by atoms with Crippen LogP contribution in [0.5, 0.6) is 0 Å². The van der Waals surface area contributed by atoms with Gasteiger partial charge >= 0.3 is 0 Å². The number of carbonyl (C=O) groups excluding carboxylic acids is 1. The molecule has 1 saturated heterocycles. The normalized spacial score (nSPS) is 15.2. The number of amides is 1. The maximum atomic E-state index is 11.6. The Morgan fingerprint density at radius 1 is 1.42 bits per heavy atom. The molecule has 1 aromatic carbocycles. The number of pyridine rings is 1. The Hall–Kier alpha value is -2.14. The Kier molecular flexibility index (Phi) is 2.83. The molecule has 0 radical (unpaired) electrons. The van der Waals surface area contributed by atoms with Gasteiger partial charge in [-0.25, -0.2) is 4.98 Å². The van der Waals surface area contributed by atoms with E-state index in [1.165, 1.54) is 0 Å². The predicted molar refractivity (Wildman–Crippen MR) is 75.3 cm³/mol. The Bertz CT molecular complexity index is 636. The monoisotopic (exact) mass is 256 g/mol. The van der Waals surface area contributed by atoms with Gasteiger partial charge in [0.2, 0.25) is 0 Å². The number of benzene rings is 1. The second kappa shape index (κ2) is 4.51. The third-order valence-electron chi connectivity index (χ3n) is 3.61. The lowest BCUT2D eigenvalue weighted by molar-refractivity contribution is 0.100. The van der Waals surface area contributed by atoms with Gasteiger partial charge in [0.05, 0.1) is 17.1 Å². The Morgan fingerprint density at radius 2 is 2.16 bits per heavy atom. The first-order chi connectivity index (χ1) is 9.16. The molecule has 0 spiro atoms. The number of primary amides is 1. The lowest BCUT2D eigenvalue weighted by Gasteiger charge is -2.37. The molecule has 1 fully saturated rings. The Labute approximate surface area is 111 Å². The first-order valence-corrected chi connectivity index (χ1v) is 6.30. The van der Waals surface area contributed by atoms with Gasteiger partial charge in [-0.15, -0.1) is 0 Å². The van der Waals surface area contributed by atoms with E-state index >= 15 is 0 Å². The molecule has 5 nitrogen and oxygen atoms in total. The van der Waals surface area contributed by atoms with Gasteiger partial charge in [0.25, 0.3) is 5.91 Å². The quantitative estimate of drug-likeness (QED) is 0.849. The average molecular weight is 256 g/mol.